The van der Waals surface area contributed by atoms with E-state index in [9.17, 15) is 8.42 Å². The van der Waals surface area contributed by atoms with Gasteiger partial charge in [-0.2, -0.15) is 0 Å². The van der Waals surface area contributed by atoms with Crippen LogP contribution in [0.3, 0.4) is 0 Å². The molecule has 0 unspecified atom stereocenters. The Bertz CT molecular complexity index is 498. The lowest BCUT2D eigenvalue weighted by Gasteiger charge is -2.07. The molecule has 1 saturated carbocycles. The molecule has 1 aliphatic carbocycles. The largest absolute Gasteiger partial charge is 0.326 e. The van der Waals surface area contributed by atoms with Crippen molar-refractivity contribution in [2.45, 2.75) is 30.3 Å². The Balaban J connectivity index is 2.31. The van der Waals surface area contributed by atoms with Gasteiger partial charge in [-0.15, -0.1) is 0 Å². The maximum Gasteiger partial charge on any atom is 0.240 e. The fraction of sp³-hybridized carbons (Fsp3) is 0.400. The minimum absolute atomic E-state index is 0.0991. The molecule has 4 nitrogen and oxygen atoms in total. The van der Waals surface area contributed by atoms with Crippen LogP contribution >= 0.6 is 11.6 Å². The van der Waals surface area contributed by atoms with Crippen LogP contribution in [0.15, 0.2) is 23.1 Å². The quantitative estimate of drug-likeness (QED) is 0.856. The zero-order valence-electron chi connectivity index (χ0n) is 8.61. The summed E-state index contributed by atoms with van der Waals surface area (Å²) in [7, 11) is -3.41. The number of nitrogens with one attached hydrogen (secondary N) is 1. The molecule has 0 radical (unpaired) electrons. The zero-order chi connectivity index (χ0) is 11.8. The molecule has 0 atom stereocenters. The predicted octanol–water partition coefficient (Wildman–Crippen LogP) is 1.24. The summed E-state index contributed by atoms with van der Waals surface area (Å²) < 4.78 is 26.3. The summed E-state index contributed by atoms with van der Waals surface area (Å²) in [6.45, 7) is 0.228. The van der Waals surface area contributed by atoms with Crippen molar-refractivity contribution in [1.82, 2.24) is 4.72 Å². The van der Waals surface area contributed by atoms with Gasteiger partial charge in [-0.05, 0) is 36.6 Å². The zero-order valence-corrected chi connectivity index (χ0v) is 10.2. The molecule has 3 N–H and O–H groups in total. The average Bonchev–Trinajstić information content (AvgIpc) is 3.01. The van der Waals surface area contributed by atoms with Gasteiger partial charge in [0.25, 0.3) is 0 Å². The van der Waals surface area contributed by atoms with E-state index in [1.807, 2.05) is 0 Å². The van der Waals surface area contributed by atoms with Crippen molar-refractivity contribution in [3.63, 3.8) is 0 Å². The molecule has 0 aromatic heterocycles. The summed E-state index contributed by atoms with van der Waals surface area (Å²) >= 11 is 5.87. The standard InChI is InChI=1S/C10H13ClN2O2S/c11-10-4-3-9(5-7(10)6-12)16(14,15)13-8-1-2-8/h3-5,8,13H,1-2,6,12H2. The molecule has 0 bridgehead atoms. The van der Waals surface area contributed by atoms with Crippen LogP contribution in [0.5, 0.6) is 0 Å². The predicted molar refractivity (Wildman–Crippen MR) is 62.7 cm³/mol. The fourth-order valence-electron chi connectivity index (χ4n) is 1.36. The molecular formula is C10H13ClN2O2S. The van der Waals surface area contributed by atoms with Crippen LogP contribution in [0.25, 0.3) is 0 Å². The van der Waals surface area contributed by atoms with Gasteiger partial charge in [-0.1, -0.05) is 11.6 Å². The van der Waals surface area contributed by atoms with Crippen molar-refractivity contribution in [3.8, 4) is 0 Å². The van der Waals surface area contributed by atoms with Crippen LogP contribution in [-0.2, 0) is 16.6 Å². The van der Waals surface area contributed by atoms with E-state index in [0.29, 0.717) is 10.6 Å². The maximum absolute atomic E-state index is 11.9. The van der Waals surface area contributed by atoms with Gasteiger partial charge >= 0.3 is 0 Å². The average molecular weight is 261 g/mol. The van der Waals surface area contributed by atoms with Gasteiger partial charge in [-0.3, -0.25) is 0 Å². The second-order valence-electron chi connectivity index (χ2n) is 3.85. The molecule has 2 rings (SSSR count). The molecule has 1 aliphatic rings. The fourth-order valence-corrected chi connectivity index (χ4v) is 2.91. The molecule has 6 heteroatoms. The van der Waals surface area contributed by atoms with Crippen molar-refractivity contribution in [3.05, 3.63) is 28.8 Å². The Kier molecular flexibility index (Phi) is 3.21. The van der Waals surface area contributed by atoms with Crippen LogP contribution < -0.4 is 10.5 Å². The summed E-state index contributed by atoms with van der Waals surface area (Å²) in [5.74, 6) is 0. The summed E-state index contributed by atoms with van der Waals surface area (Å²) in [5, 5.41) is 0.493. The normalized spacial score (nSPS) is 16.4. The Morgan fingerprint density at radius 1 is 1.44 bits per heavy atom. The Morgan fingerprint density at radius 2 is 2.12 bits per heavy atom. The third-order valence-corrected chi connectivity index (χ3v) is 4.33. The molecule has 0 spiro atoms. The number of benzene rings is 1. The van der Waals surface area contributed by atoms with Gasteiger partial charge in [0.1, 0.15) is 0 Å². The van der Waals surface area contributed by atoms with Crippen LogP contribution in [0.2, 0.25) is 5.02 Å². The highest BCUT2D eigenvalue weighted by molar-refractivity contribution is 7.89. The Hall–Kier alpha value is -0.620. The van der Waals surface area contributed by atoms with Gasteiger partial charge in [0, 0.05) is 17.6 Å². The monoisotopic (exact) mass is 260 g/mol. The molecule has 1 aromatic carbocycles. The first-order chi connectivity index (χ1) is 7.53. The van der Waals surface area contributed by atoms with E-state index >= 15 is 0 Å². The molecule has 0 amide bonds. The molecule has 0 saturated heterocycles. The first kappa shape index (κ1) is 11.9. The van der Waals surface area contributed by atoms with Gasteiger partial charge in [-0.25, -0.2) is 13.1 Å². The van der Waals surface area contributed by atoms with E-state index in [-0.39, 0.29) is 17.5 Å². The van der Waals surface area contributed by atoms with Crippen LogP contribution in [0.1, 0.15) is 18.4 Å². The summed E-state index contributed by atoms with van der Waals surface area (Å²) in [6, 6.07) is 4.67. The SMILES string of the molecule is NCc1cc(S(=O)(=O)NC2CC2)ccc1Cl. The van der Waals surface area contributed by atoms with Gasteiger partial charge in [0.05, 0.1) is 4.90 Å². The number of sulfonamides is 1. The first-order valence-electron chi connectivity index (χ1n) is 5.04. The van der Waals surface area contributed by atoms with Crippen molar-refractivity contribution in [2.24, 2.45) is 5.73 Å². The van der Waals surface area contributed by atoms with E-state index < -0.39 is 10.0 Å². The van der Waals surface area contributed by atoms with Gasteiger partial charge in [0.15, 0.2) is 0 Å². The molecule has 88 valence electrons. The van der Waals surface area contributed by atoms with E-state index in [1.54, 1.807) is 6.07 Å². The van der Waals surface area contributed by atoms with Gasteiger partial charge < -0.3 is 5.73 Å². The topological polar surface area (TPSA) is 72.2 Å². The van der Waals surface area contributed by atoms with Crippen molar-refractivity contribution < 1.29 is 8.42 Å². The molecular weight excluding hydrogens is 248 g/mol. The molecule has 0 heterocycles. The highest BCUT2D eigenvalue weighted by atomic mass is 35.5. The Morgan fingerprint density at radius 3 is 2.69 bits per heavy atom. The minimum Gasteiger partial charge on any atom is -0.326 e. The second kappa shape index (κ2) is 4.33. The first-order valence-corrected chi connectivity index (χ1v) is 6.90. The minimum atomic E-state index is -3.41. The number of hydrogen-bond donors (Lipinski definition) is 2. The lowest BCUT2D eigenvalue weighted by Crippen LogP contribution is -2.25. The van der Waals surface area contributed by atoms with E-state index in [4.69, 9.17) is 17.3 Å². The summed E-state index contributed by atoms with van der Waals surface area (Å²) in [6.07, 6.45) is 1.83. The van der Waals surface area contributed by atoms with Crippen LogP contribution in [0, 0.1) is 0 Å². The van der Waals surface area contributed by atoms with Crippen molar-refractivity contribution >= 4 is 21.6 Å². The van der Waals surface area contributed by atoms with E-state index in [0.717, 1.165) is 12.8 Å². The van der Waals surface area contributed by atoms with Crippen LogP contribution in [-0.4, -0.2) is 14.5 Å². The maximum atomic E-state index is 11.9. The lowest BCUT2D eigenvalue weighted by atomic mass is 10.2. The second-order valence-corrected chi connectivity index (χ2v) is 5.97. The molecule has 16 heavy (non-hydrogen) atoms. The number of nitrogens with two attached hydrogens (primary N) is 1. The van der Waals surface area contributed by atoms with Crippen molar-refractivity contribution in [1.29, 1.82) is 0 Å². The number of halogens is 1. The third kappa shape index (κ3) is 2.55. The Labute approximate surface area is 99.8 Å². The van der Waals surface area contributed by atoms with Gasteiger partial charge in [0.2, 0.25) is 10.0 Å². The number of hydrogen-bond acceptors (Lipinski definition) is 3. The smallest absolute Gasteiger partial charge is 0.240 e. The number of rotatable bonds is 4. The third-order valence-electron chi connectivity index (χ3n) is 2.45. The summed E-state index contributed by atoms with van der Waals surface area (Å²) in [4.78, 5) is 0.226. The van der Waals surface area contributed by atoms with Crippen LogP contribution in [0.4, 0.5) is 0 Å². The van der Waals surface area contributed by atoms with E-state index in [1.165, 1.54) is 12.1 Å². The lowest BCUT2D eigenvalue weighted by molar-refractivity contribution is 0.581. The van der Waals surface area contributed by atoms with E-state index in [2.05, 4.69) is 4.72 Å². The molecule has 1 fully saturated rings. The van der Waals surface area contributed by atoms with Crippen molar-refractivity contribution in [2.75, 3.05) is 0 Å². The highest BCUT2D eigenvalue weighted by Crippen LogP contribution is 2.24. The molecule has 0 aliphatic heterocycles. The molecule has 1 aromatic rings. The highest BCUT2D eigenvalue weighted by Gasteiger charge is 2.28. The summed E-state index contributed by atoms with van der Waals surface area (Å²) in [5.41, 5.74) is 6.12.